The molecular formula is C12H13F6N. The van der Waals surface area contributed by atoms with E-state index in [1.54, 1.807) is 0 Å². The molecule has 19 heavy (non-hydrogen) atoms. The Kier molecular flexibility index (Phi) is 3.80. The van der Waals surface area contributed by atoms with Crippen molar-refractivity contribution in [1.82, 2.24) is 0 Å². The number of rotatable bonds is 2. The molecule has 1 aromatic carbocycles. The van der Waals surface area contributed by atoms with Gasteiger partial charge in [0, 0.05) is 5.69 Å². The van der Waals surface area contributed by atoms with Gasteiger partial charge in [-0.1, -0.05) is 12.1 Å². The van der Waals surface area contributed by atoms with Crippen LogP contribution < -0.4 is 5.73 Å². The molecule has 1 nitrogen and oxygen atoms in total. The highest BCUT2D eigenvalue weighted by atomic mass is 19.4. The molecule has 1 aromatic rings. The number of halogens is 6. The monoisotopic (exact) mass is 285 g/mol. The number of hydrogen-bond donors (Lipinski definition) is 1. The second kappa shape index (κ2) is 4.61. The van der Waals surface area contributed by atoms with Crippen molar-refractivity contribution in [3.05, 3.63) is 29.3 Å². The molecule has 0 aromatic heterocycles. The summed E-state index contributed by atoms with van der Waals surface area (Å²) in [7, 11) is 0. The maximum Gasteiger partial charge on any atom is 0.403 e. The average Bonchev–Trinajstić information content (AvgIpc) is 2.20. The van der Waals surface area contributed by atoms with Crippen molar-refractivity contribution in [1.29, 1.82) is 0 Å². The van der Waals surface area contributed by atoms with Gasteiger partial charge in [-0.05, 0) is 37.5 Å². The lowest BCUT2D eigenvalue weighted by molar-refractivity contribution is -0.334. The highest BCUT2D eigenvalue weighted by Crippen LogP contribution is 2.51. The Morgan fingerprint density at radius 3 is 1.84 bits per heavy atom. The summed E-state index contributed by atoms with van der Waals surface area (Å²) in [4.78, 5) is 0. The van der Waals surface area contributed by atoms with Gasteiger partial charge in [-0.15, -0.1) is 0 Å². The molecule has 0 aliphatic rings. The molecule has 0 aliphatic carbocycles. The predicted molar refractivity (Wildman–Crippen MR) is 59.5 cm³/mol. The zero-order valence-corrected chi connectivity index (χ0v) is 10.3. The minimum absolute atomic E-state index is 0.0520. The van der Waals surface area contributed by atoms with Crippen molar-refractivity contribution < 1.29 is 26.3 Å². The first kappa shape index (κ1) is 15.7. The zero-order valence-electron chi connectivity index (χ0n) is 10.3. The smallest absolute Gasteiger partial charge is 0.399 e. The van der Waals surface area contributed by atoms with Crippen molar-refractivity contribution in [2.45, 2.75) is 32.6 Å². The highest BCUT2D eigenvalue weighted by molar-refractivity contribution is 5.47. The number of nitrogen functional groups attached to an aromatic ring is 1. The lowest BCUT2D eigenvalue weighted by atomic mass is 9.81. The molecule has 0 amide bonds. The molecule has 0 saturated carbocycles. The van der Waals surface area contributed by atoms with Crippen LogP contribution in [0.3, 0.4) is 0 Å². The Morgan fingerprint density at radius 2 is 1.47 bits per heavy atom. The minimum atomic E-state index is -5.37. The lowest BCUT2D eigenvalue weighted by Crippen LogP contribution is -2.49. The summed E-state index contributed by atoms with van der Waals surface area (Å²) in [6.45, 7) is 1.69. The molecule has 0 spiro atoms. The Labute approximate surface area is 106 Å². The van der Waals surface area contributed by atoms with Gasteiger partial charge in [0.25, 0.3) is 0 Å². The van der Waals surface area contributed by atoms with E-state index in [9.17, 15) is 26.3 Å². The van der Waals surface area contributed by atoms with Gasteiger partial charge in [0.2, 0.25) is 0 Å². The summed E-state index contributed by atoms with van der Waals surface area (Å²) in [5.41, 5.74) is 2.42. The molecule has 7 heteroatoms. The van der Waals surface area contributed by atoms with E-state index in [0.29, 0.717) is 11.3 Å². The molecule has 108 valence electrons. The van der Waals surface area contributed by atoms with Crippen LogP contribution in [0.25, 0.3) is 0 Å². The standard InChI is InChI=1S/C12H13F6N/c1-7-5-8(3-4-9(7)19)6-10(2,11(13,14)15)12(16,17)18/h3-5H,6,19H2,1-2H3. The van der Waals surface area contributed by atoms with Crippen molar-refractivity contribution in [3.8, 4) is 0 Å². The van der Waals surface area contributed by atoms with Gasteiger partial charge in [-0.2, -0.15) is 26.3 Å². The zero-order chi connectivity index (χ0) is 15.1. The van der Waals surface area contributed by atoms with Crippen LogP contribution in [0.5, 0.6) is 0 Å². The molecule has 2 N–H and O–H groups in total. The van der Waals surface area contributed by atoms with E-state index >= 15 is 0 Å². The maximum atomic E-state index is 12.7. The van der Waals surface area contributed by atoms with Gasteiger partial charge in [0.1, 0.15) is 0 Å². The van der Waals surface area contributed by atoms with Crippen LogP contribution >= 0.6 is 0 Å². The largest absolute Gasteiger partial charge is 0.403 e. The second-order valence-corrected chi connectivity index (χ2v) is 4.70. The molecule has 0 unspecified atom stereocenters. The van der Waals surface area contributed by atoms with E-state index in [4.69, 9.17) is 5.73 Å². The first-order valence-electron chi connectivity index (χ1n) is 5.37. The Morgan fingerprint density at radius 1 is 1.00 bits per heavy atom. The minimum Gasteiger partial charge on any atom is -0.399 e. The summed E-state index contributed by atoms with van der Waals surface area (Å²) in [6.07, 6.45) is -11.9. The van der Waals surface area contributed by atoms with Crippen LogP contribution in [-0.4, -0.2) is 12.4 Å². The first-order valence-corrected chi connectivity index (χ1v) is 5.37. The number of nitrogens with two attached hydrogens (primary N) is 1. The van der Waals surface area contributed by atoms with Crippen LogP contribution in [-0.2, 0) is 6.42 Å². The highest BCUT2D eigenvalue weighted by Gasteiger charge is 2.67. The van der Waals surface area contributed by atoms with Gasteiger partial charge in [-0.25, -0.2) is 0 Å². The second-order valence-electron chi connectivity index (χ2n) is 4.70. The fourth-order valence-corrected chi connectivity index (χ4v) is 1.62. The van der Waals surface area contributed by atoms with E-state index in [-0.39, 0.29) is 12.5 Å². The van der Waals surface area contributed by atoms with Crippen molar-refractivity contribution >= 4 is 5.69 Å². The number of benzene rings is 1. The van der Waals surface area contributed by atoms with E-state index < -0.39 is 24.2 Å². The Hall–Kier alpha value is -1.40. The number of anilines is 1. The maximum absolute atomic E-state index is 12.7. The van der Waals surface area contributed by atoms with E-state index in [1.807, 2.05) is 0 Å². The number of aryl methyl sites for hydroxylation is 1. The molecule has 0 bridgehead atoms. The molecule has 0 radical (unpaired) electrons. The SMILES string of the molecule is Cc1cc(CC(C)(C(F)(F)F)C(F)(F)F)ccc1N. The quantitative estimate of drug-likeness (QED) is 0.638. The van der Waals surface area contributed by atoms with Crippen LogP contribution in [0.2, 0.25) is 0 Å². The third-order valence-electron chi connectivity index (χ3n) is 3.14. The van der Waals surface area contributed by atoms with Crippen LogP contribution in [0.15, 0.2) is 18.2 Å². The molecule has 0 aliphatic heterocycles. The summed E-state index contributed by atoms with van der Waals surface area (Å²) in [5.74, 6) is 0. The topological polar surface area (TPSA) is 26.0 Å². The molecular weight excluding hydrogens is 272 g/mol. The van der Waals surface area contributed by atoms with E-state index in [0.717, 1.165) is 0 Å². The van der Waals surface area contributed by atoms with Gasteiger partial charge in [-0.3, -0.25) is 0 Å². The van der Waals surface area contributed by atoms with Crippen molar-refractivity contribution in [2.24, 2.45) is 5.41 Å². The fourth-order valence-electron chi connectivity index (χ4n) is 1.62. The summed E-state index contributed by atoms with van der Waals surface area (Å²) in [6, 6.07) is 3.72. The van der Waals surface area contributed by atoms with Crippen molar-refractivity contribution in [2.75, 3.05) is 5.73 Å². The molecule has 0 atom stereocenters. The molecule has 0 saturated heterocycles. The van der Waals surface area contributed by atoms with Crippen molar-refractivity contribution in [3.63, 3.8) is 0 Å². The predicted octanol–water partition coefficient (Wildman–Crippen LogP) is 4.25. The van der Waals surface area contributed by atoms with Gasteiger partial charge >= 0.3 is 12.4 Å². The third kappa shape index (κ3) is 2.96. The van der Waals surface area contributed by atoms with Gasteiger partial charge in [0.15, 0.2) is 5.41 Å². The molecule has 0 heterocycles. The summed E-state index contributed by atoms with van der Waals surface area (Å²) >= 11 is 0. The Balaban J connectivity index is 3.20. The van der Waals surface area contributed by atoms with Gasteiger partial charge < -0.3 is 5.73 Å². The Bertz CT molecular complexity index is 446. The fraction of sp³-hybridized carbons (Fsp3) is 0.500. The van der Waals surface area contributed by atoms with Gasteiger partial charge in [0.05, 0.1) is 0 Å². The average molecular weight is 285 g/mol. The van der Waals surface area contributed by atoms with Crippen LogP contribution in [0, 0.1) is 12.3 Å². The molecule has 0 fully saturated rings. The van der Waals surface area contributed by atoms with E-state index in [2.05, 4.69) is 0 Å². The molecule has 1 rings (SSSR count). The first-order chi connectivity index (χ1) is 8.38. The summed E-state index contributed by atoms with van der Waals surface area (Å²) < 4.78 is 76.3. The third-order valence-corrected chi connectivity index (χ3v) is 3.14. The van der Waals surface area contributed by atoms with E-state index in [1.165, 1.54) is 25.1 Å². The number of hydrogen-bond acceptors (Lipinski definition) is 1. The number of alkyl halides is 6. The van der Waals surface area contributed by atoms with Crippen LogP contribution in [0.4, 0.5) is 32.0 Å². The normalized spacial score (nSPS) is 13.7. The lowest BCUT2D eigenvalue weighted by Gasteiger charge is -2.34. The summed E-state index contributed by atoms with van der Waals surface area (Å²) in [5, 5.41) is 0. The van der Waals surface area contributed by atoms with Crippen LogP contribution in [0.1, 0.15) is 18.1 Å².